The summed E-state index contributed by atoms with van der Waals surface area (Å²) in [5, 5.41) is 4.37. The van der Waals surface area contributed by atoms with E-state index in [2.05, 4.69) is 55.7 Å². The molecule has 0 amide bonds. The second kappa shape index (κ2) is 6.68. The molecular weight excluding hydrogens is 248 g/mol. The Hall–Kier alpha value is -1.65. The van der Waals surface area contributed by atoms with Crippen LogP contribution in [0.15, 0.2) is 30.6 Å². The fraction of sp³-hybridized carbons (Fsp3) is 0.438. The van der Waals surface area contributed by atoms with Crippen LogP contribution in [0.2, 0.25) is 0 Å². The molecule has 0 fully saturated rings. The molecule has 0 bridgehead atoms. The van der Waals surface area contributed by atoms with Gasteiger partial charge >= 0.3 is 0 Å². The van der Waals surface area contributed by atoms with Crippen molar-refractivity contribution in [3.05, 3.63) is 52.8 Å². The van der Waals surface area contributed by atoms with Gasteiger partial charge in [0, 0.05) is 18.3 Å². The summed E-state index contributed by atoms with van der Waals surface area (Å²) in [7, 11) is 0. The van der Waals surface area contributed by atoms with E-state index in [4.69, 9.17) is 5.84 Å². The number of nitrogens with zero attached hydrogens (tertiary/aromatic N) is 2. The minimum atomic E-state index is 0.0989. The molecule has 4 heteroatoms. The Bertz CT molecular complexity index is 539. The number of benzene rings is 1. The van der Waals surface area contributed by atoms with Crippen molar-refractivity contribution >= 4 is 0 Å². The minimum Gasteiger partial charge on any atom is -0.272 e. The average Bonchev–Trinajstić information content (AvgIpc) is 2.84. The number of aromatic nitrogens is 2. The largest absolute Gasteiger partial charge is 0.272 e. The van der Waals surface area contributed by atoms with Gasteiger partial charge in [0.25, 0.3) is 0 Å². The number of hydrogen-bond acceptors (Lipinski definition) is 3. The molecule has 2 aromatic rings. The molecule has 20 heavy (non-hydrogen) atoms. The van der Waals surface area contributed by atoms with Crippen molar-refractivity contribution in [1.29, 1.82) is 0 Å². The predicted octanol–water partition coefficient (Wildman–Crippen LogP) is 2.66. The number of hydrazine groups is 1. The zero-order valence-electron chi connectivity index (χ0n) is 12.6. The van der Waals surface area contributed by atoms with Crippen LogP contribution in [-0.2, 0) is 13.0 Å². The van der Waals surface area contributed by atoms with Crippen LogP contribution in [0.4, 0.5) is 0 Å². The van der Waals surface area contributed by atoms with Crippen LogP contribution in [0, 0.1) is 13.8 Å². The van der Waals surface area contributed by atoms with E-state index in [1.54, 1.807) is 0 Å². The van der Waals surface area contributed by atoms with E-state index in [1.165, 1.54) is 16.7 Å². The molecule has 3 N–H and O–H groups in total. The molecule has 0 aliphatic heterocycles. The van der Waals surface area contributed by atoms with Crippen molar-refractivity contribution in [3.8, 4) is 0 Å². The Labute approximate surface area is 121 Å². The van der Waals surface area contributed by atoms with Gasteiger partial charge in [0.05, 0.1) is 12.2 Å². The highest BCUT2D eigenvalue weighted by atomic mass is 15.3. The smallest absolute Gasteiger partial charge is 0.0538 e. The first-order valence-corrected chi connectivity index (χ1v) is 7.18. The summed E-state index contributed by atoms with van der Waals surface area (Å²) in [6.45, 7) is 7.34. The Morgan fingerprint density at radius 3 is 2.55 bits per heavy atom. The molecule has 108 valence electrons. The second-order valence-electron chi connectivity index (χ2n) is 5.46. The van der Waals surface area contributed by atoms with Crippen LogP contribution in [-0.4, -0.2) is 9.78 Å². The third-order valence-electron chi connectivity index (χ3n) is 3.43. The number of hydrogen-bond donors (Lipinski definition) is 2. The summed E-state index contributed by atoms with van der Waals surface area (Å²) in [5.41, 5.74) is 7.93. The maximum atomic E-state index is 5.72. The van der Waals surface area contributed by atoms with Gasteiger partial charge in [-0.1, -0.05) is 36.2 Å². The lowest BCUT2D eigenvalue weighted by molar-refractivity contribution is 0.548. The van der Waals surface area contributed by atoms with Crippen LogP contribution in [0.5, 0.6) is 0 Å². The topological polar surface area (TPSA) is 55.9 Å². The SMILES string of the molecule is CCCn1cc(C(Cc2cc(C)cc(C)c2)NN)cn1. The van der Waals surface area contributed by atoms with Gasteiger partial charge in [0.1, 0.15) is 0 Å². The highest BCUT2D eigenvalue weighted by Gasteiger charge is 2.13. The monoisotopic (exact) mass is 272 g/mol. The Morgan fingerprint density at radius 1 is 1.25 bits per heavy atom. The van der Waals surface area contributed by atoms with E-state index < -0.39 is 0 Å². The van der Waals surface area contributed by atoms with Gasteiger partial charge in [-0.3, -0.25) is 16.0 Å². The van der Waals surface area contributed by atoms with Gasteiger partial charge in [-0.05, 0) is 32.3 Å². The quantitative estimate of drug-likeness (QED) is 0.628. The van der Waals surface area contributed by atoms with E-state index in [9.17, 15) is 0 Å². The molecule has 0 saturated carbocycles. The Balaban J connectivity index is 2.15. The molecule has 1 unspecified atom stereocenters. The van der Waals surface area contributed by atoms with Crippen LogP contribution in [0.1, 0.15) is 41.6 Å². The van der Waals surface area contributed by atoms with E-state index in [-0.39, 0.29) is 6.04 Å². The standard InChI is InChI=1S/C16H24N4/c1-4-5-20-11-15(10-18-20)16(19-17)9-14-7-12(2)6-13(3)8-14/h6-8,10-11,16,19H,4-5,9,17H2,1-3H3. The lowest BCUT2D eigenvalue weighted by atomic mass is 9.99. The fourth-order valence-corrected chi connectivity index (χ4v) is 2.61. The van der Waals surface area contributed by atoms with Gasteiger partial charge in [-0.15, -0.1) is 0 Å². The zero-order valence-corrected chi connectivity index (χ0v) is 12.6. The van der Waals surface area contributed by atoms with Crippen molar-refractivity contribution in [1.82, 2.24) is 15.2 Å². The summed E-state index contributed by atoms with van der Waals surface area (Å²) in [6.07, 6.45) is 5.94. The minimum absolute atomic E-state index is 0.0989. The molecule has 4 nitrogen and oxygen atoms in total. The summed E-state index contributed by atoms with van der Waals surface area (Å²) < 4.78 is 1.97. The maximum absolute atomic E-state index is 5.72. The van der Waals surface area contributed by atoms with Crippen molar-refractivity contribution < 1.29 is 0 Å². The first-order chi connectivity index (χ1) is 9.62. The number of nitrogens with two attached hydrogens (primary N) is 1. The Kier molecular flexibility index (Phi) is 4.93. The average molecular weight is 272 g/mol. The maximum Gasteiger partial charge on any atom is 0.0538 e. The third kappa shape index (κ3) is 3.68. The summed E-state index contributed by atoms with van der Waals surface area (Å²) >= 11 is 0. The second-order valence-corrected chi connectivity index (χ2v) is 5.46. The highest BCUT2D eigenvalue weighted by Crippen LogP contribution is 2.19. The normalized spacial score (nSPS) is 12.6. The van der Waals surface area contributed by atoms with Crippen molar-refractivity contribution in [2.45, 2.75) is 46.2 Å². The van der Waals surface area contributed by atoms with E-state index in [0.717, 1.165) is 24.9 Å². The fourth-order valence-electron chi connectivity index (χ4n) is 2.61. The van der Waals surface area contributed by atoms with E-state index >= 15 is 0 Å². The van der Waals surface area contributed by atoms with Gasteiger partial charge in [-0.2, -0.15) is 5.10 Å². The molecule has 1 atom stereocenters. The summed E-state index contributed by atoms with van der Waals surface area (Å²) in [6, 6.07) is 6.72. The lowest BCUT2D eigenvalue weighted by Crippen LogP contribution is -2.29. The van der Waals surface area contributed by atoms with Crippen LogP contribution in [0.25, 0.3) is 0 Å². The first kappa shape index (κ1) is 14.8. The zero-order chi connectivity index (χ0) is 14.5. The van der Waals surface area contributed by atoms with Crippen molar-refractivity contribution in [2.75, 3.05) is 0 Å². The predicted molar refractivity (Wildman–Crippen MR) is 82.2 cm³/mol. The lowest BCUT2D eigenvalue weighted by Gasteiger charge is -2.15. The number of rotatable bonds is 6. The van der Waals surface area contributed by atoms with Gasteiger partial charge in [0.2, 0.25) is 0 Å². The molecule has 1 heterocycles. The van der Waals surface area contributed by atoms with Crippen LogP contribution < -0.4 is 11.3 Å². The van der Waals surface area contributed by atoms with Gasteiger partial charge in [-0.25, -0.2) is 0 Å². The number of aryl methyl sites for hydroxylation is 3. The van der Waals surface area contributed by atoms with Crippen molar-refractivity contribution in [3.63, 3.8) is 0 Å². The molecule has 1 aromatic heterocycles. The molecule has 0 aliphatic carbocycles. The molecule has 0 saturated heterocycles. The molecule has 0 spiro atoms. The molecule has 2 rings (SSSR count). The van der Waals surface area contributed by atoms with Gasteiger partial charge in [0.15, 0.2) is 0 Å². The third-order valence-corrected chi connectivity index (χ3v) is 3.43. The molecule has 0 radical (unpaired) electrons. The highest BCUT2D eigenvalue weighted by molar-refractivity contribution is 5.30. The van der Waals surface area contributed by atoms with Crippen LogP contribution in [0.3, 0.4) is 0 Å². The summed E-state index contributed by atoms with van der Waals surface area (Å²) in [5.74, 6) is 5.72. The Morgan fingerprint density at radius 2 is 1.95 bits per heavy atom. The van der Waals surface area contributed by atoms with Crippen molar-refractivity contribution in [2.24, 2.45) is 5.84 Å². The van der Waals surface area contributed by atoms with Gasteiger partial charge < -0.3 is 0 Å². The summed E-state index contributed by atoms with van der Waals surface area (Å²) in [4.78, 5) is 0. The molecule has 0 aliphatic rings. The molecule has 1 aromatic carbocycles. The van der Waals surface area contributed by atoms with E-state index in [0.29, 0.717) is 0 Å². The first-order valence-electron chi connectivity index (χ1n) is 7.18. The van der Waals surface area contributed by atoms with E-state index in [1.807, 2.05) is 10.9 Å². The molecular formula is C16H24N4. The number of nitrogens with one attached hydrogen (secondary N) is 1. The van der Waals surface area contributed by atoms with Crippen LogP contribution >= 0.6 is 0 Å².